The first-order valence-electron chi connectivity index (χ1n) is 3.65. The van der Waals surface area contributed by atoms with Gasteiger partial charge >= 0.3 is 0 Å². The summed E-state index contributed by atoms with van der Waals surface area (Å²) < 4.78 is 29.6. The Morgan fingerprint density at radius 2 is 1.75 bits per heavy atom. The second-order valence-electron chi connectivity index (χ2n) is 3.39. The van der Waals surface area contributed by atoms with E-state index in [0.717, 1.165) is 0 Å². The molecule has 5 nitrogen and oxygen atoms in total. The van der Waals surface area contributed by atoms with E-state index in [1.54, 1.807) is 14.1 Å². The highest BCUT2D eigenvalue weighted by molar-refractivity contribution is 7.85. The van der Waals surface area contributed by atoms with Crippen molar-refractivity contribution in [3.05, 3.63) is 0 Å². The maximum atomic E-state index is 10.4. The second-order valence-corrected chi connectivity index (χ2v) is 4.96. The molecule has 0 unspecified atom stereocenters. The van der Waals surface area contributed by atoms with Crippen LogP contribution in [-0.4, -0.2) is 62.1 Å². The third-order valence-electron chi connectivity index (χ3n) is 1.66. The lowest BCUT2D eigenvalue weighted by atomic mass is 10.4. The molecule has 0 aliphatic rings. The van der Waals surface area contributed by atoms with Gasteiger partial charge in [-0.2, -0.15) is 8.42 Å². The fraction of sp³-hybridized carbons (Fsp3) is 1.00. The summed E-state index contributed by atoms with van der Waals surface area (Å²) in [6.45, 7) is 0.799. The van der Waals surface area contributed by atoms with Crippen molar-refractivity contribution in [2.24, 2.45) is 0 Å². The van der Waals surface area contributed by atoms with E-state index in [9.17, 15) is 8.42 Å². The molecule has 12 heavy (non-hydrogen) atoms. The highest BCUT2D eigenvalue weighted by Crippen LogP contribution is 1.96. The summed E-state index contributed by atoms with van der Waals surface area (Å²) in [6, 6.07) is 0. The molecular formula is C6H16NO4S+. The largest absolute Gasteiger partial charge is 0.391 e. The van der Waals surface area contributed by atoms with Crippen LogP contribution in [0.2, 0.25) is 0 Å². The summed E-state index contributed by atoms with van der Waals surface area (Å²) in [4.78, 5) is 0. The Bertz CT molecular complexity index is 222. The second kappa shape index (κ2) is 4.18. The van der Waals surface area contributed by atoms with Crippen LogP contribution >= 0.6 is 0 Å². The molecule has 0 bridgehead atoms. The molecule has 0 aliphatic carbocycles. The van der Waals surface area contributed by atoms with Crippen LogP contribution in [-0.2, 0) is 10.1 Å². The summed E-state index contributed by atoms with van der Waals surface area (Å²) in [5, 5.41) is 8.60. The predicted molar refractivity (Wildman–Crippen MR) is 45.3 cm³/mol. The Balaban J connectivity index is 3.92. The number of likely N-dealkylation sites (N-methyl/N-ethyl adjacent to an activating group) is 1. The van der Waals surface area contributed by atoms with Gasteiger partial charge in [-0.1, -0.05) is 0 Å². The number of quaternary nitrogens is 1. The Hall–Kier alpha value is -0.170. The predicted octanol–water partition coefficient (Wildman–Crippen LogP) is -1.06. The molecule has 0 spiro atoms. The third-order valence-corrected chi connectivity index (χ3v) is 2.36. The van der Waals surface area contributed by atoms with Crippen molar-refractivity contribution in [2.75, 3.05) is 39.5 Å². The van der Waals surface area contributed by atoms with Gasteiger partial charge in [0.25, 0.3) is 10.1 Å². The van der Waals surface area contributed by atoms with Crippen LogP contribution in [0.4, 0.5) is 0 Å². The summed E-state index contributed by atoms with van der Waals surface area (Å²) >= 11 is 0. The van der Waals surface area contributed by atoms with Gasteiger partial charge in [0.05, 0.1) is 27.2 Å². The van der Waals surface area contributed by atoms with Crippen LogP contribution < -0.4 is 0 Å². The van der Waals surface area contributed by atoms with Gasteiger partial charge in [-0.05, 0) is 0 Å². The monoisotopic (exact) mass is 198 g/mol. The molecule has 0 saturated carbocycles. The summed E-state index contributed by atoms with van der Waals surface area (Å²) in [7, 11) is -0.287. The van der Waals surface area contributed by atoms with Gasteiger partial charge in [-0.15, -0.1) is 0 Å². The van der Waals surface area contributed by atoms with E-state index in [1.807, 2.05) is 0 Å². The number of rotatable bonds is 5. The average Bonchev–Trinajstić information content (AvgIpc) is 1.83. The Morgan fingerprint density at radius 3 is 2.08 bits per heavy atom. The highest BCUT2D eigenvalue weighted by Gasteiger charge is 2.17. The topological polar surface area (TPSA) is 74.6 Å². The fourth-order valence-corrected chi connectivity index (χ4v) is 1.47. The van der Waals surface area contributed by atoms with E-state index in [-0.39, 0.29) is 12.4 Å². The molecule has 0 heterocycles. The van der Waals surface area contributed by atoms with Gasteiger partial charge in [0, 0.05) is 0 Å². The standard InChI is InChI=1S/C6H15NO4S/c1-7(2,3-5-8)4-6-12(9,10)11/h8H,3-6H2,1-2H3/p+1. The number of hydrogen-bond acceptors (Lipinski definition) is 3. The molecular weight excluding hydrogens is 182 g/mol. The zero-order valence-electron chi connectivity index (χ0n) is 7.39. The number of aliphatic hydroxyl groups is 1. The van der Waals surface area contributed by atoms with Gasteiger partial charge in [-0.3, -0.25) is 4.55 Å². The first-order chi connectivity index (χ1) is 5.27. The van der Waals surface area contributed by atoms with Crippen LogP contribution in [0.3, 0.4) is 0 Å². The van der Waals surface area contributed by atoms with Crippen molar-refractivity contribution in [1.29, 1.82) is 0 Å². The van der Waals surface area contributed by atoms with E-state index in [2.05, 4.69) is 0 Å². The molecule has 6 heteroatoms. The van der Waals surface area contributed by atoms with Gasteiger partial charge in [-0.25, -0.2) is 0 Å². The molecule has 0 amide bonds. The number of nitrogens with zero attached hydrogens (tertiary/aromatic N) is 1. The Morgan fingerprint density at radius 1 is 1.25 bits per heavy atom. The Kier molecular flexibility index (Phi) is 4.12. The van der Waals surface area contributed by atoms with Crippen LogP contribution in [0.1, 0.15) is 0 Å². The molecule has 0 rings (SSSR count). The minimum Gasteiger partial charge on any atom is -0.391 e. The van der Waals surface area contributed by atoms with Gasteiger partial charge in [0.1, 0.15) is 12.3 Å². The molecule has 0 aromatic rings. The van der Waals surface area contributed by atoms with Crippen molar-refractivity contribution >= 4 is 10.1 Å². The molecule has 74 valence electrons. The van der Waals surface area contributed by atoms with Crippen molar-refractivity contribution in [2.45, 2.75) is 0 Å². The molecule has 0 saturated heterocycles. The zero-order valence-corrected chi connectivity index (χ0v) is 8.21. The van der Waals surface area contributed by atoms with Crippen LogP contribution in [0.5, 0.6) is 0 Å². The van der Waals surface area contributed by atoms with Crippen molar-refractivity contribution in [1.82, 2.24) is 0 Å². The fourth-order valence-electron chi connectivity index (χ4n) is 0.745. The van der Waals surface area contributed by atoms with Gasteiger partial charge in [0.2, 0.25) is 0 Å². The highest BCUT2D eigenvalue weighted by atomic mass is 32.2. The van der Waals surface area contributed by atoms with E-state index < -0.39 is 10.1 Å². The molecule has 0 atom stereocenters. The first-order valence-corrected chi connectivity index (χ1v) is 5.26. The zero-order chi connectivity index (χ0) is 9.83. The minimum atomic E-state index is -3.87. The van der Waals surface area contributed by atoms with Crippen molar-refractivity contribution in [3.63, 3.8) is 0 Å². The smallest absolute Gasteiger partial charge is 0.270 e. The van der Waals surface area contributed by atoms with E-state index >= 15 is 0 Å². The van der Waals surface area contributed by atoms with Crippen LogP contribution in [0, 0.1) is 0 Å². The quantitative estimate of drug-likeness (QED) is 0.436. The number of aliphatic hydroxyl groups excluding tert-OH is 1. The maximum Gasteiger partial charge on any atom is 0.270 e. The summed E-state index contributed by atoms with van der Waals surface area (Å²) in [5.41, 5.74) is 0. The summed E-state index contributed by atoms with van der Waals surface area (Å²) in [5.74, 6) is -0.264. The van der Waals surface area contributed by atoms with Gasteiger partial charge < -0.3 is 9.59 Å². The van der Waals surface area contributed by atoms with Crippen molar-refractivity contribution < 1.29 is 22.6 Å². The van der Waals surface area contributed by atoms with E-state index in [1.165, 1.54) is 0 Å². The molecule has 0 aromatic heterocycles. The van der Waals surface area contributed by atoms with Crippen LogP contribution in [0.25, 0.3) is 0 Å². The summed E-state index contributed by atoms with van der Waals surface area (Å²) in [6.07, 6.45) is 0. The average molecular weight is 198 g/mol. The van der Waals surface area contributed by atoms with E-state index in [4.69, 9.17) is 9.66 Å². The van der Waals surface area contributed by atoms with E-state index in [0.29, 0.717) is 17.6 Å². The molecule has 0 fully saturated rings. The lowest BCUT2D eigenvalue weighted by molar-refractivity contribution is -0.888. The molecule has 0 radical (unpaired) electrons. The lowest BCUT2D eigenvalue weighted by Crippen LogP contribution is -2.45. The minimum absolute atomic E-state index is 0.0124. The molecule has 2 N–H and O–H groups in total. The van der Waals surface area contributed by atoms with Gasteiger partial charge in [0.15, 0.2) is 0 Å². The SMILES string of the molecule is C[N+](C)(CCO)CCS(=O)(=O)O. The molecule has 0 aromatic carbocycles. The third kappa shape index (κ3) is 6.53. The molecule has 0 aliphatic heterocycles. The maximum absolute atomic E-state index is 10.4. The normalized spacial score (nSPS) is 13.3. The Labute approximate surface area is 73.0 Å². The van der Waals surface area contributed by atoms with Crippen LogP contribution in [0.15, 0.2) is 0 Å². The number of hydrogen-bond donors (Lipinski definition) is 2. The van der Waals surface area contributed by atoms with Crippen molar-refractivity contribution in [3.8, 4) is 0 Å². The lowest BCUT2D eigenvalue weighted by Gasteiger charge is -2.28. The first kappa shape index (κ1) is 11.8.